The molecule has 1 aliphatic carbocycles. The van der Waals surface area contributed by atoms with Crippen molar-refractivity contribution in [1.29, 1.82) is 0 Å². The monoisotopic (exact) mass is 1010 g/mol. The van der Waals surface area contributed by atoms with Crippen molar-refractivity contribution in [3.05, 3.63) is 142 Å². The number of piperazine rings is 1. The molecule has 2 aromatic heterocycles. The Labute approximate surface area is 425 Å². The van der Waals surface area contributed by atoms with Crippen LogP contribution in [0.5, 0.6) is 17.2 Å². The van der Waals surface area contributed by atoms with Gasteiger partial charge in [0.15, 0.2) is 0 Å². The molecular weight excluding hydrogens is 952 g/mol. The number of nitro benzene ring substituents is 1. The van der Waals surface area contributed by atoms with Crippen LogP contribution in [0.1, 0.15) is 91.4 Å². The molecule has 1 saturated carbocycles. The maximum Gasteiger partial charge on any atom is 0.293 e. The number of aromatic amines is 1. The number of piperidine rings is 1. The second-order valence-corrected chi connectivity index (χ2v) is 22.2. The molecule has 3 aliphatic heterocycles. The van der Waals surface area contributed by atoms with E-state index in [0.717, 1.165) is 93.9 Å². The third-order valence-electron chi connectivity index (χ3n) is 15.5. The van der Waals surface area contributed by atoms with E-state index in [4.69, 9.17) is 14.2 Å². The molecule has 73 heavy (non-hydrogen) atoms. The van der Waals surface area contributed by atoms with Gasteiger partial charge in [-0.1, -0.05) is 50.2 Å². The molecule has 1 unspecified atom stereocenters. The van der Waals surface area contributed by atoms with Gasteiger partial charge in [-0.3, -0.25) is 24.7 Å². The van der Waals surface area contributed by atoms with Gasteiger partial charge in [-0.15, -0.1) is 0 Å². The van der Waals surface area contributed by atoms with Crippen molar-refractivity contribution in [1.82, 2.24) is 24.5 Å². The van der Waals surface area contributed by atoms with Gasteiger partial charge in [-0.05, 0) is 102 Å². The zero-order chi connectivity index (χ0) is 50.9. The molecule has 10 rings (SSSR count). The van der Waals surface area contributed by atoms with Crippen molar-refractivity contribution in [2.24, 2.45) is 5.41 Å². The smallest absolute Gasteiger partial charge is 0.293 e. The van der Waals surface area contributed by atoms with Crippen molar-refractivity contribution in [2.45, 2.75) is 87.5 Å². The van der Waals surface area contributed by atoms with Crippen LogP contribution < -0.4 is 24.4 Å². The average molecular weight is 1020 g/mol. The van der Waals surface area contributed by atoms with E-state index in [1.807, 2.05) is 18.2 Å². The average Bonchev–Trinajstić information content (AvgIpc) is 3.86. The summed E-state index contributed by atoms with van der Waals surface area (Å²) in [4.78, 5) is 40.1. The summed E-state index contributed by atoms with van der Waals surface area (Å²) in [6, 6.07) is 30.1. The Balaban J connectivity index is 0.837. The van der Waals surface area contributed by atoms with E-state index < -0.39 is 37.1 Å². The highest BCUT2D eigenvalue weighted by Crippen LogP contribution is 2.53. The lowest BCUT2D eigenvalue weighted by molar-refractivity contribution is -0.384. The van der Waals surface area contributed by atoms with Gasteiger partial charge in [0.05, 0.1) is 28.7 Å². The first-order valence-corrected chi connectivity index (χ1v) is 26.7. The van der Waals surface area contributed by atoms with Crippen LogP contribution >= 0.6 is 0 Å². The number of nitro groups is 1. The fourth-order valence-electron chi connectivity index (χ4n) is 11.3. The number of carbonyl (C=O) groups excluding carboxylic acids is 1. The van der Waals surface area contributed by atoms with E-state index >= 15 is 4.39 Å². The first kappa shape index (κ1) is 50.0. The largest absolute Gasteiger partial charge is 0.497 e. The second kappa shape index (κ2) is 20.7. The van der Waals surface area contributed by atoms with Crippen LogP contribution in [-0.4, -0.2) is 110 Å². The molecule has 4 aliphatic rings. The number of anilines is 2. The molecule has 1 amide bonds. The van der Waals surface area contributed by atoms with Gasteiger partial charge in [0.1, 0.15) is 34.3 Å². The summed E-state index contributed by atoms with van der Waals surface area (Å²) >= 11 is 0. The number of hydrogen-bond donors (Lipinski definition) is 3. The van der Waals surface area contributed by atoms with Gasteiger partial charge < -0.3 is 29.4 Å². The zero-order valence-electron chi connectivity index (χ0n) is 41.5. The molecule has 16 nitrogen and oxygen atoms in total. The minimum atomic E-state index is -4.65. The second-order valence-electron chi connectivity index (χ2n) is 20.5. The Hall–Kier alpha value is -6.60. The highest BCUT2D eigenvalue weighted by molar-refractivity contribution is 7.90. The maximum atomic E-state index is 15.3. The summed E-state index contributed by atoms with van der Waals surface area (Å²) in [5.74, 6) is 0.735. The molecule has 1 atom stereocenters. The number of rotatable bonds is 16. The number of hydrogen-bond acceptors (Lipinski definition) is 13. The predicted molar refractivity (Wildman–Crippen MR) is 278 cm³/mol. The van der Waals surface area contributed by atoms with Crippen molar-refractivity contribution >= 4 is 44.0 Å². The summed E-state index contributed by atoms with van der Waals surface area (Å²) < 4.78 is 62.0. The molecule has 3 N–H and O–H groups in total. The van der Waals surface area contributed by atoms with Gasteiger partial charge in [0.25, 0.3) is 21.6 Å². The number of H-pyrrole nitrogens is 1. The quantitative estimate of drug-likeness (QED) is 0.0616. The van der Waals surface area contributed by atoms with Crippen LogP contribution in [0.3, 0.4) is 0 Å². The maximum absolute atomic E-state index is 15.3. The van der Waals surface area contributed by atoms with Crippen molar-refractivity contribution in [2.75, 3.05) is 69.8 Å². The van der Waals surface area contributed by atoms with Crippen LogP contribution in [0.4, 0.5) is 21.5 Å². The molecule has 3 saturated heterocycles. The Kier molecular flexibility index (Phi) is 14.2. The molecule has 5 heterocycles. The fourth-order valence-corrected chi connectivity index (χ4v) is 12.3. The van der Waals surface area contributed by atoms with Crippen LogP contribution in [0.15, 0.2) is 114 Å². The number of nitrogens with one attached hydrogen (secondary N) is 3. The zero-order valence-corrected chi connectivity index (χ0v) is 42.3. The Morgan fingerprint density at radius 3 is 2.45 bits per heavy atom. The van der Waals surface area contributed by atoms with Gasteiger partial charge in [0, 0.05) is 113 Å². The number of sulfonamides is 1. The molecule has 4 fully saturated rings. The number of fused-ring (bicyclic) bond motifs is 1. The standard InChI is InChI=1S/C55H63FN8O8S/c1-37(2)45-6-4-5-7-46(45)50-35-61(34-38-8-11-42(70-3)12-9-38)24-25-63(50)41-31-54(32-41)17-22-62(23-18-54)40-10-14-47(51(29-40)72-43-28-39-16-21-57-52(39)58-33-43)53(65)60-73(68,69)44-13-15-48(49(30-44)64(66)67)59-36-55(56)19-26-71-27-20-55/h4-16,21,28-30,33,37,41,50,59H,17-20,22-27,31-32,34-36H2,1-3H3,(H,57,58)(H,60,65). The van der Waals surface area contributed by atoms with Gasteiger partial charge in [-0.2, -0.15) is 0 Å². The Morgan fingerprint density at radius 1 is 0.945 bits per heavy atom. The van der Waals surface area contributed by atoms with Crippen molar-refractivity contribution in [3.63, 3.8) is 0 Å². The molecule has 0 radical (unpaired) electrons. The first-order valence-electron chi connectivity index (χ1n) is 25.2. The van der Waals surface area contributed by atoms with Crippen LogP contribution in [0, 0.1) is 15.5 Å². The Bertz CT molecular complexity index is 3070. The van der Waals surface area contributed by atoms with Crippen LogP contribution in [0.2, 0.25) is 0 Å². The number of amides is 1. The molecule has 6 aromatic rings. The van der Waals surface area contributed by atoms with Gasteiger partial charge in [0.2, 0.25) is 0 Å². The minimum absolute atomic E-state index is 0.0497. The van der Waals surface area contributed by atoms with E-state index in [1.54, 1.807) is 37.6 Å². The van der Waals surface area contributed by atoms with Gasteiger partial charge >= 0.3 is 0 Å². The van der Waals surface area contributed by atoms with Crippen molar-refractivity contribution < 1.29 is 36.7 Å². The van der Waals surface area contributed by atoms with E-state index in [9.17, 15) is 23.3 Å². The summed E-state index contributed by atoms with van der Waals surface area (Å²) in [7, 11) is -2.95. The first-order chi connectivity index (χ1) is 35.2. The number of alkyl halides is 1. The lowest BCUT2D eigenvalue weighted by atomic mass is 9.59. The summed E-state index contributed by atoms with van der Waals surface area (Å²) in [5, 5.41) is 15.7. The lowest BCUT2D eigenvalue weighted by Crippen LogP contribution is -2.60. The molecule has 4 aromatic carbocycles. The number of methoxy groups -OCH3 is 1. The molecule has 384 valence electrons. The van der Waals surface area contributed by atoms with Crippen molar-refractivity contribution in [3.8, 4) is 17.2 Å². The highest BCUT2D eigenvalue weighted by Gasteiger charge is 2.50. The molecular formula is C55H63FN8O8S. The van der Waals surface area contributed by atoms with E-state index in [2.05, 4.69) is 85.0 Å². The number of halogens is 1. The third-order valence-corrected chi connectivity index (χ3v) is 16.9. The third kappa shape index (κ3) is 10.9. The SMILES string of the molecule is COc1ccc(CN2CCN(C3CC4(CCN(c5ccc(C(=O)NS(=O)(=O)c6ccc(NCC7(F)CCOCC7)c([N+](=O)[O-])c6)c(Oc6cnc7[nH]ccc7c6)c5)CC4)C3)C(c3ccccc3C(C)C)C2)cc1. The summed E-state index contributed by atoms with van der Waals surface area (Å²) in [5.41, 5.74) is 3.48. The molecule has 18 heteroatoms. The Morgan fingerprint density at radius 2 is 1.71 bits per heavy atom. The normalized spacial score (nSPS) is 19.4. The fraction of sp³-hybridized carbons (Fsp3) is 0.418. The van der Waals surface area contributed by atoms with Crippen LogP contribution in [-0.2, 0) is 21.3 Å². The highest BCUT2D eigenvalue weighted by atomic mass is 32.2. The number of ether oxygens (including phenoxy) is 3. The van der Waals surface area contributed by atoms with E-state index in [0.29, 0.717) is 23.4 Å². The topological polar surface area (TPSA) is 184 Å². The number of benzene rings is 4. The van der Waals surface area contributed by atoms with Gasteiger partial charge in [-0.25, -0.2) is 22.5 Å². The minimum Gasteiger partial charge on any atom is -0.497 e. The molecule has 1 spiro atoms. The number of aromatic nitrogens is 2. The van der Waals surface area contributed by atoms with Crippen LogP contribution in [0.25, 0.3) is 11.0 Å². The van der Waals surface area contributed by atoms with E-state index in [-0.39, 0.29) is 61.1 Å². The lowest BCUT2D eigenvalue weighted by Gasteiger charge is -2.58. The van der Waals surface area contributed by atoms with E-state index in [1.165, 1.54) is 29.0 Å². The number of nitrogens with zero attached hydrogens (tertiary/aromatic N) is 5. The number of pyridine rings is 1. The summed E-state index contributed by atoms with van der Waals surface area (Å²) in [6.07, 6.45) is 7.79. The predicted octanol–water partition coefficient (Wildman–Crippen LogP) is 9.75. The number of carbonyl (C=O) groups is 1. The summed E-state index contributed by atoms with van der Waals surface area (Å²) in [6.45, 7) is 10.2. The molecule has 0 bridgehead atoms.